The van der Waals surface area contributed by atoms with Crippen LogP contribution in [-0.2, 0) is 17.9 Å². The van der Waals surface area contributed by atoms with Crippen molar-refractivity contribution in [2.45, 2.75) is 39.1 Å². The van der Waals surface area contributed by atoms with Gasteiger partial charge in [-0.3, -0.25) is 4.79 Å². The summed E-state index contributed by atoms with van der Waals surface area (Å²) in [4.78, 5) is 12.3. The van der Waals surface area contributed by atoms with Crippen molar-refractivity contribution in [1.82, 2.24) is 14.8 Å². The summed E-state index contributed by atoms with van der Waals surface area (Å²) in [6, 6.07) is 12.1. The van der Waals surface area contributed by atoms with Crippen molar-refractivity contribution < 1.29 is 13.9 Å². The highest BCUT2D eigenvalue weighted by molar-refractivity contribution is 7.99. The standard InChI is InChI=1S/C21H23FN4O2S/c1-4-26-19(12-28-17-7-5-6-14(2)10-17)24-25-21(26)29-13-20(27)23-18-11-16(22)9-8-15(18)3/h5-11H,4,12-13H2,1-3H3,(H,23,27). The summed E-state index contributed by atoms with van der Waals surface area (Å²) in [5.41, 5.74) is 2.40. The molecule has 0 aliphatic carbocycles. The van der Waals surface area contributed by atoms with Gasteiger partial charge in [-0.1, -0.05) is 30.0 Å². The third-order valence-electron chi connectivity index (χ3n) is 4.27. The Kier molecular flexibility index (Phi) is 6.87. The number of ether oxygens (including phenoxy) is 1. The van der Waals surface area contributed by atoms with Crippen molar-refractivity contribution >= 4 is 23.4 Å². The average Bonchev–Trinajstić information content (AvgIpc) is 3.09. The second-order valence-electron chi connectivity index (χ2n) is 6.54. The maximum atomic E-state index is 13.4. The molecule has 6 nitrogen and oxygen atoms in total. The third-order valence-corrected chi connectivity index (χ3v) is 5.24. The molecular formula is C21H23FN4O2S. The molecule has 2 aromatic carbocycles. The molecule has 1 N–H and O–H groups in total. The molecule has 0 radical (unpaired) electrons. The number of halogens is 1. The first-order valence-corrected chi connectivity index (χ1v) is 10.2. The van der Waals surface area contributed by atoms with E-state index in [0.717, 1.165) is 16.9 Å². The lowest BCUT2D eigenvalue weighted by molar-refractivity contribution is -0.113. The monoisotopic (exact) mass is 414 g/mol. The summed E-state index contributed by atoms with van der Waals surface area (Å²) < 4.78 is 21.1. The van der Waals surface area contributed by atoms with Crippen LogP contribution in [0.5, 0.6) is 5.75 Å². The van der Waals surface area contributed by atoms with E-state index in [-0.39, 0.29) is 17.5 Å². The van der Waals surface area contributed by atoms with Crippen molar-refractivity contribution in [3.8, 4) is 5.75 Å². The van der Waals surface area contributed by atoms with Crippen molar-refractivity contribution in [2.75, 3.05) is 11.1 Å². The lowest BCUT2D eigenvalue weighted by atomic mass is 10.2. The Hall–Kier alpha value is -2.87. The number of thioether (sulfide) groups is 1. The van der Waals surface area contributed by atoms with Crippen LogP contribution in [0.3, 0.4) is 0 Å². The fraction of sp³-hybridized carbons (Fsp3) is 0.286. The maximum Gasteiger partial charge on any atom is 0.234 e. The van der Waals surface area contributed by atoms with E-state index in [0.29, 0.717) is 29.8 Å². The first-order chi connectivity index (χ1) is 14.0. The van der Waals surface area contributed by atoms with E-state index in [1.54, 1.807) is 6.07 Å². The van der Waals surface area contributed by atoms with Crippen LogP contribution < -0.4 is 10.1 Å². The Balaban J connectivity index is 1.59. The summed E-state index contributed by atoms with van der Waals surface area (Å²) in [7, 11) is 0. The summed E-state index contributed by atoms with van der Waals surface area (Å²) >= 11 is 1.28. The predicted octanol–water partition coefficient (Wildman–Crippen LogP) is 4.36. The van der Waals surface area contributed by atoms with Gasteiger partial charge in [-0.2, -0.15) is 0 Å². The molecule has 29 heavy (non-hydrogen) atoms. The predicted molar refractivity (Wildman–Crippen MR) is 112 cm³/mol. The van der Waals surface area contributed by atoms with Gasteiger partial charge < -0.3 is 14.6 Å². The second kappa shape index (κ2) is 9.56. The van der Waals surface area contributed by atoms with E-state index < -0.39 is 0 Å². The quantitative estimate of drug-likeness (QED) is 0.555. The Bertz CT molecular complexity index is 1010. The molecule has 0 atom stereocenters. The molecule has 0 unspecified atom stereocenters. The minimum absolute atomic E-state index is 0.146. The highest BCUT2D eigenvalue weighted by Crippen LogP contribution is 2.21. The Labute approximate surface area is 173 Å². The molecule has 0 aliphatic rings. The molecule has 8 heteroatoms. The Morgan fingerprint density at radius 1 is 1.21 bits per heavy atom. The van der Waals surface area contributed by atoms with Gasteiger partial charge >= 0.3 is 0 Å². The van der Waals surface area contributed by atoms with E-state index >= 15 is 0 Å². The largest absolute Gasteiger partial charge is 0.486 e. The van der Waals surface area contributed by atoms with E-state index in [4.69, 9.17) is 4.74 Å². The number of nitrogens with one attached hydrogen (secondary N) is 1. The van der Waals surface area contributed by atoms with Crippen LogP contribution in [0.2, 0.25) is 0 Å². The number of rotatable bonds is 8. The number of carbonyl (C=O) groups excluding carboxylic acids is 1. The molecule has 0 saturated carbocycles. The van der Waals surface area contributed by atoms with Crippen molar-refractivity contribution in [1.29, 1.82) is 0 Å². The number of benzene rings is 2. The number of carbonyl (C=O) groups is 1. The van der Waals surface area contributed by atoms with E-state index in [9.17, 15) is 9.18 Å². The Morgan fingerprint density at radius 2 is 2.03 bits per heavy atom. The van der Waals surface area contributed by atoms with E-state index in [1.165, 1.54) is 23.9 Å². The minimum Gasteiger partial charge on any atom is -0.486 e. The number of hydrogen-bond donors (Lipinski definition) is 1. The zero-order chi connectivity index (χ0) is 20.8. The van der Waals surface area contributed by atoms with Crippen LogP contribution in [0.25, 0.3) is 0 Å². The number of anilines is 1. The van der Waals surface area contributed by atoms with Gasteiger partial charge in [0.1, 0.15) is 18.2 Å². The van der Waals surface area contributed by atoms with Gasteiger partial charge in [0.15, 0.2) is 11.0 Å². The van der Waals surface area contributed by atoms with E-state index in [1.807, 2.05) is 49.6 Å². The number of aryl methyl sites for hydroxylation is 2. The van der Waals surface area contributed by atoms with Crippen molar-refractivity contribution in [3.63, 3.8) is 0 Å². The SMILES string of the molecule is CCn1c(COc2cccc(C)c2)nnc1SCC(=O)Nc1cc(F)ccc1C. The van der Waals surface area contributed by atoms with Crippen LogP contribution in [0.1, 0.15) is 23.9 Å². The first-order valence-electron chi connectivity index (χ1n) is 9.26. The molecule has 1 heterocycles. The van der Waals surface area contributed by atoms with Crippen LogP contribution in [0.4, 0.5) is 10.1 Å². The van der Waals surface area contributed by atoms with Crippen LogP contribution in [0.15, 0.2) is 47.6 Å². The molecule has 0 saturated heterocycles. The normalized spacial score (nSPS) is 10.8. The van der Waals surface area contributed by atoms with Gasteiger partial charge in [-0.25, -0.2) is 4.39 Å². The van der Waals surface area contributed by atoms with Gasteiger partial charge in [0.2, 0.25) is 5.91 Å². The summed E-state index contributed by atoms with van der Waals surface area (Å²) in [5, 5.41) is 11.8. The molecule has 152 valence electrons. The molecule has 0 aliphatic heterocycles. The topological polar surface area (TPSA) is 69.0 Å². The van der Waals surface area contributed by atoms with E-state index in [2.05, 4.69) is 15.5 Å². The fourth-order valence-electron chi connectivity index (χ4n) is 2.75. The van der Waals surface area contributed by atoms with Gasteiger partial charge in [0, 0.05) is 12.2 Å². The maximum absolute atomic E-state index is 13.4. The molecule has 3 rings (SSSR count). The molecule has 1 aromatic heterocycles. The lowest BCUT2D eigenvalue weighted by Gasteiger charge is -2.10. The van der Waals surface area contributed by atoms with Crippen LogP contribution in [0, 0.1) is 19.7 Å². The molecule has 1 amide bonds. The average molecular weight is 415 g/mol. The summed E-state index contributed by atoms with van der Waals surface area (Å²) in [6.07, 6.45) is 0. The number of nitrogens with zero attached hydrogens (tertiary/aromatic N) is 3. The van der Waals surface area contributed by atoms with Gasteiger partial charge in [0.25, 0.3) is 0 Å². The zero-order valence-corrected chi connectivity index (χ0v) is 17.4. The third kappa shape index (κ3) is 5.57. The number of amides is 1. The van der Waals surface area contributed by atoms with Crippen LogP contribution >= 0.6 is 11.8 Å². The fourth-order valence-corrected chi connectivity index (χ4v) is 3.57. The smallest absolute Gasteiger partial charge is 0.234 e. The minimum atomic E-state index is -0.387. The molecule has 0 bridgehead atoms. The van der Waals surface area contributed by atoms with Crippen molar-refractivity contribution in [3.05, 3.63) is 65.2 Å². The van der Waals surface area contributed by atoms with Gasteiger partial charge in [-0.05, 0) is 56.2 Å². The molecular weight excluding hydrogens is 391 g/mol. The summed E-state index contributed by atoms with van der Waals surface area (Å²) in [5.74, 6) is 0.995. The number of aromatic nitrogens is 3. The second-order valence-corrected chi connectivity index (χ2v) is 7.49. The highest BCUT2D eigenvalue weighted by Gasteiger charge is 2.14. The molecule has 3 aromatic rings. The number of hydrogen-bond acceptors (Lipinski definition) is 5. The van der Waals surface area contributed by atoms with Crippen LogP contribution in [-0.4, -0.2) is 26.4 Å². The van der Waals surface area contributed by atoms with Gasteiger partial charge in [0.05, 0.1) is 5.75 Å². The Morgan fingerprint density at radius 3 is 2.79 bits per heavy atom. The molecule has 0 spiro atoms. The first kappa shape index (κ1) is 20.9. The van der Waals surface area contributed by atoms with Crippen molar-refractivity contribution in [2.24, 2.45) is 0 Å². The summed E-state index contributed by atoms with van der Waals surface area (Å²) in [6.45, 7) is 6.76. The highest BCUT2D eigenvalue weighted by atomic mass is 32.2. The molecule has 0 fully saturated rings. The zero-order valence-electron chi connectivity index (χ0n) is 16.6. The van der Waals surface area contributed by atoms with Gasteiger partial charge in [-0.15, -0.1) is 10.2 Å². The lowest BCUT2D eigenvalue weighted by Crippen LogP contribution is -2.15.